The molecule has 156 valence electrons. The summed E-state index contributed by atoms with van der Waals surface area (Å²) >= 11 is 12.7. The number of ether oxygens (including phenoxy) is 1. The van der Waals surface area contributed by atoms with Crippen LogP contribution < -0.4 is 15.0 Å². The van der Waals surface area contributed by atoms with E-state index in [4.69, 9.17) is 27.9 Å². The van der Waals surface area contributed by atoms with Crippen molar-refractivity contribution in [3.63, 3.8) is 0 Å². The number of hydrogen-bond donors (Lipinski definition) is 1. The first kappa shape index (κ1) is 21.8. The number of piperazine rings is 1. The van der Waals surface area contributed by atoms with Crippen molar-refractivity contribution in [1.29, 1.82) is 0 Å². The number of carbonyl (C=O) groups excluding carboxylic acids is 1. The summed E-state index contributed by atoms with van der Waals surface area (Å²) in [5.74, 6) is 0.396. The number of amides is 1. The lowest BCUT2D eigenvalue weighted by Crippen LogP contribution is -2.46. The van der Waals surface area contributed by atoms with Crippen LogP contribution in [0.3, 0.4) is 0 Å². The molecular formula is C22H27Cl2N3O2. The molecule has 0 radical (unpaired) electrons. The van der Waals surface area contributed by atoms with Crippen LogP contribution in [0.25, 0.3) is 0 Å². The van der Waals surface area contributed by atoms with Crippen molar-refractivity contribution in [1.82, 2.24) is 4.90 Å². The van der Waals surface area contributed by atoms with Crippen molar-refractivity contribution in [3.05, 3.63) is 51.5 Å². The molecule has 1 aliphatic rings. The number of para-hydroxylation sites is 1. The highest BCUT2D eigenvalue weighted by molar-refractivity contribution is 6.34. The molecule has 1 heterocycles. The molecule has 0 aliphatic carbocycles. The number of likely N-dealkylation sites (N-methyl/N-ethyl adjacent to an activating group) is 1. The molecule has 2 aromatic rings. The van der Waals surface area contributed by atoms with Gasteiger partial charge in [0, 0.05) is 31.2 Å². The second-order valence-corrected chi connectivity index (χ2v) is 8.05. The molecule has 0 spiro atoms. The maximum absolute atomic E-state index is 12.5. The molecule has 0 saturated carbocycles. The minimum absolute atomic E-state index is 0.0872. The van der Waals surface area contributed by atoms with Crippen LogP contribution in [0.2, 0.25) is 10.0 Å². The van der Waals surface area contributed by atoms with Gasteiger partial charge in [-0.1, -0.05) is 36.2 Å². The Morgan fingerprint density at radius 3 is 2.38 bits per heavy atom. The number of halogens is 2. The zero-order valence-corrected chi connectivity index (χ0v) is 18.6. The van der Waals surface area contributed by atoms with Gasteiger partial charge in [0.2, 0.25) is 0 Å². The van der Waals surface area contributed by atoms with Crippen molar-refractivity contribution >= 4 is 40.5 Å². The van der Waals surface area contributed by atoms with E-state index in [1.54, 1.807) is 0 Å². The minimum atomic E-state index is -0.231. The Morgan fingerprint density at radius 2 is 1.76 bits per heavy atom. The third kappa shape index (κ3) is 5.35. The Hall–Kier alpha value is -1.95. The fraction of sp³-hybridized carbons (Fsp3) is 0.409. The molecule has 3 rings (SSSR count). The van der Waals surface area contributed by atoms with Crippen molar-refractivity contribution in [2.45, 2.75) is 20.8 Å². The van der Waals surface area contributed by atoms with Gasteiger partial charge >= 0.3 is 0 Å². The second-order valence-electron chi connectivity index (χ2n) is 7.27. The van der Waals surface area contributed by atoms with E-state index in [1.807, 2.05) is 44.2 Å². The van der Waals surface area contributed by atoms with Crippen LogP contribution in [-0.4, -0.2) is 50.1 Å². The quantitative estimate of drug-likeness (QED) is 0.709. The monoisotopic (exact) mass is 435 g/mol. The molecule has 1 fully saturated rings. The van der Waals surface area contributed by atoms with Crippen LogP contribution in [-0.2, 0) is 4.79 Å². The highest BCUT2D eigenvalue weighted by atomic mass is 35.5. The van der Waals surface area contributed by atoms with Crippen LogP contribution in [0.5, 0.6) is 5.75 Å². The highest BCUT2D eigenvalue weighted by Gasteiger charge is 2.21. The number of hydrogen-bond acceptors (Lipinski definition) is 4. The van der Waals surface area contributed by atoms with Gasteiger partial charge in [0.1, 0.15) is 5.75 Å². The van der Waals surface area contributed by atoms with E-state index < -0.39 is 0 Å². The molecule has 0 unspecified atom stereocenters. The maximum Gasteiger partial charge on any atom is 0.262 e. The molecule has 0 atom stereocenters. The zero-order valence-electron chi connectivity index (χ0n) is 17.1. The Balaban J connectivity index is 1.67. The molecule has 0 bridgehead atoms. The summed E-state index contributed by atoms with van der Waals surface area (Å²) in [5, 5.41) is 4.31. The molecule has 1 N–H and O–H groups in total. The molecule has 1 aliphatic heterocycles. The SMILES string of the molecule is CCN1CCN(c2c(Cl)cccc2NC(=O)COc2cc(C)c(Cl)c(C)c2)CC1. The maximum atomic E-state index is 12.5. The molecule has 5 nitrogen and oxygen atoms in total. The first-order valence-corrected chi connectivity index (χ1v) is 10.6. The standard InChI is InChI=1S/C22H27Cl2N3O2/c1-4-26-8-10-27(11-9-26)22-18(23)6-5-7-19(22)25-20(28)14-29-17-12-15(2)21(24)16(3)13-17/h5-7,12-13H,4,8-11,14H2,1-3H3,(H,25,28). The van der Waals surface area contributed by atoms with Gasteiger partial charge in [-0.3, -0.25) is 4.79 Å². The van der Waals surface area contributed by atoms with Crippen LogP contribution in [0.4, 0.5) is 11.4 Å². The van der Waals surface area contributed by atoms with E-state index in [0.717, 1.165) is 49.5 Å². The van der Waals surface area contributed by atoms with Gasteiger partial charge in [-0.25, -0.2) is 0 Å². The van der Waals surface area contributed by atoms with E-state index in [0.29, 0.717) is 21.5 Å². The Bertz CT molecular complexity index is 857. The fourth-order valence-electron chi connectivity index (χ4n) is 3.55. The van der Waals surface area contributed by atoms with Crippen LogP contribution in [0, 0.1) is 13.8 Å². The van der Waals surface area contributed by atoms with Gasteiger partial charge < -0.3 is 19.9 Å². The molecule has 1 saturated heterocycles. The summed E-state index contributed by atoms with van der Waals surface area (Å²) in [7, 11) is 0. The van der Waals surface area contributed by atoms with Crippen molar-refractivity contribution < 1.29 is 9.53 Å². The van der Waals surface area contributed by atoms with Gasteiger partial charge in [-0.2, -0.15) is 0 Å². The summed E-state index contributed by atoms with van der Waals surface area (Å²) in [6.45, 7) is 10.7. The lowest BCUT2D eigenvalue weighted by atomic mass is 10.1. The molecule has 2 aromatic carbocycles. The van der Waals surface area contributed by atoms with Crippen LogP contribution >= 0.6 is 23.2 Å². The van der Waals surface area contributed by atoms with E-state index in [2.05, 4.69) is 22.0 Å². The minimum Gasteiger partial charge on any atom is -0.484 e. The number of benzene rings is 2. The first-order valence-electron chi connectivity index (χ1n) is 9.84. The third-order valence-electron chi connectivity index (χ3n) is 5.18. The third-order valence-corrected chi connectivity index (χ3v) is 6.08. The number of nitrogens with one attached hydrogen (secondary N) is 1. The molecule has 29 heavy (non-hydrogen) atoms. The second kappa shape index (κ2) is 9.70. The molecular weight excluding hydrogens is 409 g/mol. The van der Waals surface area contributed by atoms with Crippen molar-refractivity contribution in [3.8, 4) is 5.75 Å². The van der Waals surface area contributed by atoms with Gasteiger partial charge in [0.25, 0.3) is 5.91 Å². The number of anilines is 2. The normalized spacial score (nSPS) is 14.7. The van der Waals surface area contributed by atoms with E-state index in [1.165, 1.54) is 0 Å². The average Bonchev–Trinajstić information content (AvgIpc) is 2.71. The fourth-order valence-corrected chi connectivity index (χ4v) is 3.95. The van der Waals surface area contributed by atoms with Crippen molar-refractivity contribution in [2.75, 3.05) is 49.5 Å². The largest absolute Gasteiger partial charge is 0.484 e. The van der Waals surface area contributed by atoms with E-state index >= 15 is 0 Å². The van der Waals surface area contributed by atoms with Gasteiger partial charge in [0.05, 0.1) is 16.4 Å². The lowest BCUT2D eigenvalue weighted by Gasteiger charge is -2.36. The predicted molar refractivity (Wildman–Crippen MR) is 121 cm³/mol. The number of carbonyl (C=O) groups is 1. The average molecular weight is 436 g/mol. The van der Waals surface area contributed by atoms with E-state index in [-0.39, 0.29) is 12.5 Å². The molecule has 0 aromatic heterocycles. The van der Waals surface area contributed by atoms with Crippen LogP contribution in [0.15, 0.2) is 30.3 Å². The zero-order chi connectivity index (χ0) is 21.0. The summed E-state index contributed by atoms with van der Waals surface area (Å²) < 4.78 is 5.68. The summed E-state index contributed by atoms with van der Waals surface area (Å²) in [4.78, 5) is 17.2. The molecule has 1 amide bonds. The smallest absolute Gasteiger partial charge is 0.262 e. The summed E-state index contributed by atoms with van der Waals surface area (Å²) in [6, 6.07) is 9.24. The van der Waals surface area contributed by atoms with Gasteiger partial charge in [0.15, 0.2) is 6.61 Å². The van der Waals surface area contributed by atoms with Gasteiger partial charge in [-0.15, -0.1) is 0 Å². The summed E-state index contributed by atoms with van der Waals surface area (Å²) in [5.41, 5.74) is 3.42. The first-order chi connectivity index (χ1) is 13.9. The molecule has 7 heteroatoms. The number of nitrogens with zero attached hydrogens (tertiary/aromatic N) is 2. The topological polar surface area (TPSA) is 44.8 Å². The Labute approximate surface area is 182 Å². The number of rotatable bonds is 6. The number of aryl methyl sites for hydroxylation is 2. The van der Waals surface area contributed by atoms with E-state index in [9.17, 15) is 4.79 Å². The van der Waals surface area contributed by atoms with Crippen molar-refractivity contribution in [2.24, 2.45) is 0 Å². The Morgan fingerprint density at radius 1 is 1.10 bits per heavy atom. The van der Waals surface area contributed by atoms with Gasteiger partial charge in [-0.05, 0) is 55.8 Å². The predicted octanol–water partition coefficient (Wildman–Crippen LogP) is 4.77. The lowest BCUT2D eigenvalue weighted by molar-refractivity contribution is -0.118. The highest BCUT2D eigenvalue weighted by Crippen LogP contribution is 2.34. The summed E-state index contributed by atoms with van der Waals surface area (Å²) in [6.07, 6.45) is 0. The Kier molecular flexibility index (Phi) is 7.28. The van der Waals surface area contributed by atoms with Crippen LogP contribution in [0.1, 0.15) is 18.1 Å².